The molecule has 7 heteroatoms. The van der Waals surface area contributed by atoms with Gasteiger partial charge in [-0.15, -0.1) is 0 Å². The number of fused-ring (bicyclic) bond motifs is 1. The Hall–Kier alpha value is -4.26. The molecule has 0 fully saturated rings. The second-order valence-corrected chi connectivity index (χ2v) is 8.88. The van der Waals surface area contributed by atoms with Crippen molar-refractivity contribution < 1.29 is 19.4 Å². The van der Waals surface area contributed by atoms with Gasteiger partial charge in [0, 0.05) is 25.2 Å². The molecule has 4 aromatic rings. The normalized spacial score (nSPS) is 12.8. The summed E-state index contributed by atoms with van der Waals surface area (Å²) >= 11 is 0. The standard InChI is InChI=1S/C29H29N3O4/c1-21-28(25-10-5-6-11-26(25)36-19-23-8-3-2-4-9-23)29-31(16-7-17-32(29)30-21)18-22-12-14-24(15-13-22)35-20-27(33)34/h2-6,8-15H,7,16-20H2,1H3,(H,33,34). The van der Waals surface area contributed by atoms with Gasteiger partial charge in [-0.2, -0.15) is 5.10 Å². The second kappa shape index (κ2) is 10.6. The van der Waals surface area contributed by atoms with Crippen molar-refractivity contribution in [3.63, 3.8) is 0 Å². The van der Waals surface area contributed by atoms with Crippen molar-refractivity contribution in [2.45, 2.75) is 33.0 Å². The van der Waals surface area contributed by atoms with Crippen LogP contribution in [0.15, 0.2) is 78.9 Å². The molecule has 0 atom stereocenters. The molecule has 0 amide bonds. The van der Waals surface area contributed by atoms with E-state index in [1.807, 2.05) is 60.7 Å². The van der Waals surface area contributed by atoms with Crippen molar-refractivity contribution in [3.05, 3.63) is 95.7 Å². The number of carbonyl (C=O) groups is 1. The Morgan fingerprint density at radius 1 is 0.917 bits per heavy atom. The molecule has 0 unspecified atom stereocenters. The van der Waals surface area contributed by atoms with Gasteiger partial charge in [-0.1, -0.05) is 60.7 Å². The average molecular weight is 484 g/mol. The first-order chi connectivity index (χ1) is 17.6. The molecule has 1 aromatic heterocycles. The molecule has 0 saturated heterocycles. The smallest absolute Gasteiger partial charge is 0.341 e. The fraction of sp³-hybridized carbons (Fsp3) is 0.241. The first-order valence-electron chi connectivity index (χ1n) is 12.1. The highest BCUT2D eigenvalue weighted by molar-refractivity contribution is 5.83. The van der Waals surface area contributed by atoms with E-state index in [-0.39, 0.29) is 6.61 Å². The van der Waals surface area contributed by atoms with Crippen LogP contribution in [0.1, 0.15) is 23.2 Å². The summed E-state index contributed by atoms with van der Waals surface area (Å²) in [6.45, 7) is 4.72. The van der Waals surface area contributed by atoms with E-state index in [1.54, 1.807) is 0 Å². The Labute approximate surface area is 210 Å². The highest BCUT2D eigenvalue weighted by atomic mass is 16.5. The van der Waals surface area contributed by atoms with Crippen LogP contribution in [0.25, 0.3) is 11.1 Å². The van der Waals surface area contributed by atoms with Crippen LogP contribution in [0.2, 0.25) is 0 Å². The molecule has 0 radical (unpaired) electrons. The van der Waals surface area contributed by atoms with E-state index in [0.29, 0.717) is 18.9 Å². The SMILES string of the molecule is Cc1nn2c(c1-c1ccccc1OCc1ccccc1)N(Cc1ccc(OCC(=O)O)cc1)CCC2. The number of rotatable bonds is 9. The summed E-state index contributed by atoms with van der Waals surface area (Å²) in [5, 5.41) is 13.7. The Balaban J connectivity index is 1.42. The van der Waals surface area contributed by atoms with Gasteiger partial charge in [-0.05, 0) is 42.7 Å². The maximum Gasteiger partial charge on any atom is 0.341 e. The van der Waals surface area contributed by atoms with Crippen LogP contribution >= 0.6 is 0 Å². The molecule has 0 bridgehead atoms. The van der Waals surface area contributed by atoms with Gasteiger partial charge in [0.1, 0.15) is 23.9 Å². The quantitative estimate of drug-likeness (QED) is 0.348. The number of hydrogen-bond acceptors (Lipinski definition) is 5. The first kappa shape index (κ1) is 23.5. The third kappa shape index (κ3) is 5.20. The van der Waals surface area contributed by atoms with Crippen LogP contribution in [0, 0.1) is 6.92 Å². The minimum absolute atomic E-state index is 0.348. The van der Waals surface area contributed by atoms with Crippen LogP contribution < -0.4 is 14.4 Å². The molecule has 36 heavy (non-hydrogen) atoms. The van der Waals surface area contributed by atoms with Gasteiger partial charge in [0.05, 0.1) is 11.3 Å². The third-order valence-corrected chi connectivity index (χ3v) is 6.25. The molecule has 2 heterocycles. The van der Waals surface area contributed by atoms with E-state index in [4.69, 9.17) is 19.7 Å². The molecule has 5 rings (SSSR count). The molecular formula is C29H29N3O4. The van der Waals surface area contributed by atoms with E-state index >= 15 is 0 Å². The highest BCUT2D eigenvalue weighted by Crippen LogP contribution is 2.41. The maximum atomic E-state index is 10.8. The molecule has 1 aliphatic heterocycles. The predicted molar refractivity (Wildman–Crippen MR) is 138 cm³/mol. The maximum absolute atomic E-state index is 10.8. The lowest BCUT2D eigenvalue weighted by Crippen LogP contribution is -2.32. The monoisotopic (exact) mass is 483 g/mol. The van der Waals surface area contributed by atoms with Crippen molar-refractivity contribution in [1.82, 2.24) is 9.78 Å². The zero-order valence-electron chi connectivity index (χ0n) is 20.3. The Kier molecular flexibility index (Phi) is 6.89. The lowest BCUT2D eigenvalue weighted by molar-refractivity contribution is -0.139. The topological polar surface area (TPSA) is 76.8 Å². The summed E-state index contributed by atoms with van der Waals surface area (Å²) in [5.74, 6) is 1.49. The number of anilines is 1. The number of aryl methyl sites for hydroxylation is 2. The van der Waals surface area contributed by atoms with Gasteiger partial charge in [-0.25, -0.2) is 9.48 Å². The molecule has 7 nitrogen and oxygen atoms in total. The highest BCUT2D eigenvalue weighted by Gasteiger charge is 2.27. The van der Waals surface area contributed by atoms with Crippen molar-refractivity contribution >= 4 is 11.8 Å². The Morgan fingerprint density at radius 3 is 2.44 bits per heavy atom. The number of para-hydroxylation sites is 1. The van der Waals surface area contributed by atoms with Gasteiger partial charge in [0.2, 0.25) is 0 Å². The van der Waals surface area contributed by atoms with Crippen LogP contribution in [0.3, 0.4) is 0 Å². The number of ether oxygens (including phenoxy) is 2. The first-order valence-corrected chi connectivity index (χ1v) is 12.1. The molecule has 0 spiro atoms. The molecule has 3 aromatic carbocycles. The lowest BCUT2D eigenvalue weighted by Gasteiger charge is -2.31. The minimum atomic E-state index is -0.989. The van der Waals surface area contributed by atoms with Crippen molar-refractivity contribution in [2.75, 3.05) is 18.1 Å². The van der Waals surface area contributed by atoms with Crippen molar-refractivity contribution in [1.29, 1.82) is 0 Å². The van der Waals surface area contributed by atoms with Crippen LogP contribution in [-0.4, -0.2) is 34.0 Å². The molecule has 1 aliphatic rings. The van der Waals surface area contributed by atoms with Crippen LogP contribution in [-0.2, 0) is 24.5 Å². The largest absolute Gasteiger partial charge is 0.488 e. The molecule has 184 valence electrons. The van der Waals surface area contributed by atoms with E-state index in [2.05, 4.69) is 34.7 Å². The number of carboxylic acids is 1. The number of nitrogens with zero attached hydrogens (tertiary/aromatic N) is 3. The zero-order valence-corrected chi connectivity index (χ0v) is 20.3. The summed E-state index contributed by atoms with van der Waals surface area (Å²) in [6, 6.07) is 25.9. The van der Waals surface area contributed by atoms with E-state index in [0.717, 1.165) is 59.0 Å². The van der Waals surface area contributed by atoms with E-state index in [1.165, 1.54) is 0 Å². The van der Waals surface area contributed by atoms with Crippen LogP contribution in [0.4, 0.5) is 5.82 Å². The van der Waals surface area contributed by atoms with Gasteiger partial charge in [0.15, 0.2) is 6.61 Å². The van der Waals surface area contributed by atoms with Crippen LogP contribution in [0.5, 0.6) is 11.5 Å². The molecule has 0 aliphatic carbocycles. The minimum Gasteiger partial charge on any atom is -0.488 e. The summed E-state index contributed by atoms with van der Waals surface area (Å²) < 4.78 is 13.7. The van der Waals surface area contributed by atoms with Gasteiger partial charge in [0.25, 0.3) is 0 Å². The van der Waals surface area contributed by atoms with E-state index < -0.39 is 5.97 Å². The summed E-state index contributed by atoms with van der Waals surface area (Å²) in [6.07, 6.45) is 1.01. The van der Waals surface area contributed by atoms with Gasteiger partial charge < -0.3 is 19.5 Å². The van der Waals surface area contributed by atoms with Gasteiger partial charge >= 0.3 is 5.97 Å². The number of carboxylic acid groups (broad SMARTS) is 1. The Bertz CT molecular complexity index is 1330. The van der Waals surface area contributed by atoms with Crippen molar-refractivity contribution in [2.24, 2.45) is 0 Å². The summed E-state index contributed by atoms with van der Waals surface area (Å²) in [4.78, 5) is 13.1. The fourth-order valence-corrected chi connectivity index (χ4v) is 4.62. The van der Waals surface area contributed by atoms with Gasteiger partial charge in [-0.3, -0.25) is 0 Å². The summed E-state index contributed by atoms with van der Waals surface area (Å²) in [5.41, 5.74) is 5.35. The number of hydrogen-bond donors (Lipinski definition) is 1. The lowest BCUT2D eigenvalue weighted by atomic mass is 10.0. The second-order valence-electron chi connectivity index (χ2n) is 8.88. The average Bonchev–Trinajstić information content (AvgIpc) is 3.24. The fourth-order valence-electron chi connectivity index (χ4n) is 4.62. The number of benzene rings is 3. The summed E-state index contributed by atoms with van der Waals surface area (Å²) in [7, 11) is 0. The molecular weight excluding hydrogens is 454 g/mol. The number of aliphatic carboxylic acids is 1. The Morgan fingerprint density at radius 2 is 1.67 bits per heavy atom. The van der Waals surface area contributed by atoms with Crippen molar-refractivity contribution in [3.8, 4) is 22.6 Å². The molecule has 1 N–H and O–H groups in total. The molecule has 0 saturated carbocycles. The predicted octanol–water partition coefficient (Wildman–Crippen LogP) is 5.31. The number of aromatic nitrogens is 2. The third-order valence-electron chi connectivity index (χ3n) is 6.25. The van der Waals surface area contributed by atoms with E-state index in [9.17, 15) is 4.79 Å². The zero-order chi connectivity index (χ0) is 24.9.